The van der Waals surface area contributed by atoms with Crippen LogP contribution in [0.15, 0.2) is 47.8 Å². The Morgan fingerprint density at radius 2 is 1.93 bits per heavy atom. The van der Waals surface area contributed by atoms with E-state index in [2.05, 4.69) is 5.32 Å². The summed E-state index contributed by atoms with van der Waals surface area (Å²) in [6.07, 6.45) is -5.23. The highest BCUT2D eigenvalue weighted by Gasteiger charge is 2.69. The highest BCUT2D eigenvalue weighted by atomic mass is 32.1. The van der Waals surface area contributed by atoms with E-state index in [9.17, 15) is 27.9 Å². The number of carbonyl (C=O) groups is 2. The van der Waals surface area contributed by atoms with Crippen LogP contribution in [-0.4, -0.2) is 40.3 Å². The normalized spacial score (nSPS) is 26.0. The summed E-state index contributed by atoms with van der Waals surface area (Å²) in [4.78, 5) is 25.8. The maximum Gasteiger partial charge on any atom is 0.437 e. The molecular weight excluding hydrogens is 381 g/mol. The van der Waals surface area contributed by atoms with Crippen molar-refractivity contribution in [2.75, 3.05) is 6.54 Å². The molecule has 1 aliphatic heterocycles. The first-order chi connectivity index (χ1) is 12.7. The monoisotopic (exact) mass is 398 g/mol. The SMILES string of the molecule is CCN1C(=O)N[C@@H](c2ccccc2)[C@@H](C(=O)c2cccs2)[C@]1(O)C(F)(F)F. The first kappa shape index (κ1) is 19.4. The average molecular weight is 398 g/mol. The minimum atomic E-state index is -5.23. The zero-order valence-corrected chi connectivity index (χ0v) is 15.1. The summed E-state index contributed by atoms with van der Waals surface area (Å²) in [7, 11) is 0. The number of nitrogens with one attached hydrogen (secondary N) is 1. The van der Waals surface area contributed by atoms with Crippen LogP contribution in [0.2, 0.25) is 0 Å². The summed E-state index contributed by atoms with van der Waals surface area (Å²) in [5.41, 5.74) is -3.33. The lowest BCUT2D eigenvalue weighted by molar-refractivity contribution is -0.326. The van der Waals surface area contributed by atoms with E-state index in [1.807, 2.05) is 0 Å². The molecule has 3 rings (SSSR count). The summed E-state index contributed by atoms with van der Waals surface area (Å²) >= 11 is 0.984. The van der Waals surface area contributed by atoms with Crippen LogP contribution in [0.4, 0.5) is 18.0 Å². The van der Waals surface area contributed by atoms with Gasteiger partial charge in [0.1, 0.15) is 5.92 Å². The van der Waals surface area contributed by atoms with E-state index >= 15 is 0 Å². The first-order valence-electron chi connectivity index (χ1n) is 8.21. The van der Waals surface area contributed by atoms with E-state index in [0.717, 1.165) is 11.3 Å². The number of rotatable bonds is 4. The number of Topliss-reactive ketones (excluding diaryl/α,β-unsaturated/α-hetero) is 1. The van der Waals surface area contributed by atoms with Crippen molar-refractivity contribution < 1.29 is 27.9 Å². The van der Waals surface area contributed by atoms with E-state index in [1.54, 1.807) is 29.6 Å². The quantitative estimate of drug-likeness (QED) is 0.774. The van der Waals surface area contributed by atoms with Crippen molar-refractivity contribution in [3.05, 3.63) is 58.3 Å². The minimum Gasteiger partial charge on any atom is -0.363 e. The van der Waals surface area contributed by atoms with Gasteiger partial charge in [0, 0.05) is 6.54 Å². The van der Waals surface area contributed by atoms with Gasteiger partial charge >= 0.3 is 12.2 Å². The predicted octanol–water partition coefficient (Wildman–Crippen LogP) is 3.58. The molecule has 2 heterocycles. The lowest BCUT2D eigenvalue weighted by Gasteiger charge is -2.50. The van der Waals surface area contributed by atoms with Gasteiger partial charge < -0.3 is 10.4 Å². The van der Waals surface area contributed by atoms with E-state index < -0.39 is 42.2 Å². The Labute approximate surface area is 157 Å². The molecule has 2 amide bonds. The highest BCUT2D eigenvalue weighted by Crippen LogP contribution is 2.48. The molecule has 1 saturated heterocycles. The van der Waals surface area contributed by atoms with E-state index in [-0.39, 0.29) is 9.78 Å². The third-order valence-electron chi connectivity index (χ3n) is 4.64. The van der Waals surface area contributed by atoms with Crippen molar-refractivity contribution in [2.24, 2.45) is 5.92 Å². The summed E-state index contributed by atoms with van der Waals surface area (Å²) in [6.45, 7) is 0.892. The average Bonchev–Trinajstić information content (AvgIpc) is 3.15. The van der Waals surface area contributed by atoms with Gasteiger partial charge in [-0.2, -0.15) is 13.2 Å². The fraction of sp³-hybridized carbons (Fsp3) is 0.333. The fourth-order valence-corrected chi connectivity index (χ4v) is 4.11. The second kappa shape index (κ2) is 6.97. The predicted molar refractivity (Wildman–Crippen MR) is 93.2 cm³/mol. The molecule has 2 N–H and O–H groups in total. The maximum absolute atomic E-state index is 14.1. The van der Waals surface area contributed by atoms with Crippen molar-refractivity contribution in [3.8, 4) is 0 Å². The zero-order valence-electron chi connectivity index (χ0n) is 14.2. The van der Waals surface area contributed by atoms with Gasteiger partial charge in [0.2, 0.25) is 0 Å². The number of amides is 2. The minimum absolute atomic E-state index is 0.0795. The third kappa shape index (κ3) is 3.10. The topological polar surface area (TPSA) is 69.6 Å². The van der Waals surface area contributed by atoms with E-state index in [1.165, 1.54) is 25.1 Å². The van der Waals surface area contributed by atoms with Crippen LogP contribution in [0, 0.1) is 5.92 Å². The molecule has 1 aliphatic rings. The second-order valence-electron chi connectivity index (χ2n) is 6.13. The smallest absolute Gasteiger partial charge is 0.363 e. The van der Waals surface area contributed by atoms with Gasteiger partial charge in [-0.05, 0) is 23.9 Å². The Balaban J connectivity index is 2.22. The van der Waals surface area contributed by atoms with Crippen molar-refractivity contribution in [2.45, 2.75) is 24.9 Å². The lowest BCUT2D eigenvalue weighted by atomic mass is 9.77. The van der Waals surface area contributed by atoms with Crippen molar-refractivity contribution in [1.29, 1.82) is 0 Å². The Morgan fingerprint density at radius 3 is 2.44 bits per heavy atom. The van der Waals surface area contributed by atoms with Crippen LogP contribution in [0.3, 0.4) is 0 Å². The number of hydrogen-bond acceptors (Lipinski definition) is 4. The molecular formula is C18H17F3N2O3S. The number of alkyl halides is 3. The van der Waals surface area contributed by atoms with Gasteiger partial charge in [0.25, 0.3) is 5.72 Å². The van der Waals surface area contributed by atoms with Crippen molar-refractivity contribution in [1.82, 2.24) is 10.2 Å². The number of ketones is 1. The molecule has 1 fully saturated rings. The molecule has 27 heavy (non-hydrogen) atoms. The van der Waals surface area contributed by atoms with Crippen molar-refractivity contribution >= 4 is 23.2 Å². The van der Waals surface area contributed by atoms with Crippen LogP contribution in [0.25, 0.3) is 0 Å². The number of nitrogens with zero attached hydrogens (tertiary/aromatic N) is 1. The Kier molecular flexibility index (Phi) is 5.00. The molecule has 5 nitrogen and oxygen atoms in total. The van der Waals surface area contributed by atoms with Gasteiger partial charge in [-0.3, -0.25) is 9.69 Å². The number of aliphatic hydroxyl groups is 1. The zero-order chi connectivity index (χ0) is 19.8. The number of urea groups is 1. The number of halogens is 3. The molecule has 2 aromatic rings. The largest absolute Gasteiger partial charge is 0.437 e. The summed E-state index contributed by atoms with van der Waals surface area (Å²) in [5.74, 6) is -2.84. The molecule has 3 atom stereocenters. The van der Waals surface area contributed by atoms with Crippen LogP contribution in [0.1, 0.15) is 28.2 Å². The van der Waals surface area contributed by atoms with Gasteiger partial charge in [0.15, 0.2) is 5.78 Å². The standard InChI is InChI=1S/C18H17F3N2O3S/c1-2-23-16(25)22-14(11-7-4-3-5-8-11)13(17(23,26)18(19,20)21)15(24)12-9-6-10-27-12/h3-10,13-14,26H,2H2,1H3,(H,22,25)/t13-,14-,17-/m0/s1. The third-order valence-corrected chi connectivity index (χ3v) is 5.53. The van der Waals surface area contributed by atoms with Gasteiger partial charge in [0.05, 0.1) is 10.9 Å². The molecule has 0 aliphatic carbocycles. The van der Waals surface area contributed by atoms with Crippen molar-refractivity contribution in [3.63, 3.8) is 0 Å². The van der Waals surface area contributed by atoms with Crippen LogP contribution < -0.4 is 5.32 Å². The number of benzene rings is 1. The summed E-state index contributed by atoms with van der Waals surface area (Å²) in [5, 5.41) is 14.9. The molecule has 0 spiro atoms. The van der Waals surface area contributed by atoms with Gasteiger partial charge in [-0.1, -0.05) is 36.4 Å². The van der Waals surface area contributed by atoms with E-state index in [0.29, 0.717) is 5.56 Å². The number of carbonyl (C=O) groups excluding carboxylic acids is 2. The highest BCUT2D eigenvalue weighted by molar-refractivity contribution is 7.12. The summed E-state index contributed by atoms with van der Waals surface area (Å²) < 4.78 is 42.2. The van der Waals surface area contributed by atoms with Crippen LogP contribution >= 0.6 is 11.3 Å². The second-order valence-corrected chi connectivity index (χ2v) is 7.07. The molecule has 0 bridgehead atoms. The summed E-state index contributed by atoms with van der Waals surface area (Å²) in [6, 6.07) is 8.40. The van der Waals surface area contributed by atoms with Crippen LogP contribution in [-0.2, 0) is 0 Å². The Hall–Kier alpha value is -2.39. The van der Waals surface area contributed by atoms with E-state index in [4.69, 9.17) is 0 Å². The molecule has 9 heteroatoms. The van der Waals surface area contributed by atoms with Gasteiger partial charge in [-0.15, -0.1) is 11.3 Å². The van der Waals surface area contributed by atoms with Crippen LogP contribution in [0.5, 0.6) is 0 Å². The molecule has 0 radical (unpaired) electrons. The number of hydrogen-bond donors (Lipinski definition) is 2. The Bertz CT molecular complexity index is 826. The first-order valence-corrected chi connectivity index (χ1v) is 9.09. The molecule has 144 valence electrons. The molecule has 1 aromatic heterocycles. The maximum atomic E-state index is 14.1. The fourth-order valence-electron chi connectivity index (χ4n) is 3.41. The molecule has 1 aromatic carbocycles. The molecule has 0 unspecified atom stereocenters. The number of thiophene rings is 1. The Morgan fingerprint density at radius 1 is 1.26 bits per heavy atom. The lowest BCUT2D eigenvalue weighted by Crippen LogP contribution is -2.73. The molecule has 0 saturated carbocycles. The van der Waals surface area contributed by atoms with Gasteiger partial charge in [-0.25, -0.2) is 4.79 Å².